The molecule has 1 aliphatic heterocycles. The molecule has 1 heterocycles. The number of methoxy groups -OCH3 is 2. The lowest BCUT2D eigenvalue weighted by molar-refractivity contribution is -0.139. The first-order valence-electron chi connectivity index (χ1n) is 10.3. The van der Waals surface area contributed by atoms with Crippen LogP contribution in [-0.4, -0.2) is 39.1 Å². The number of anilines is 2. The molecule has 3 rings (SSSR count). The maximum absolute atomic E-state index is 13.1. The van der Waals surface area contributed by atoms with Crippen molar-refractivity contribution < 1.29 is 23.9 Å². The van der Waals surface area contributed by atoms with E-state index >= 15 is 0 Å². The zero-order valence-electron chi connectivity index (χ0n) is 19.2. The molecule has 0 saturated heterocycles. The number of nitriles is 1. The van der Waals surface area contributed by atoms with Crippen LogP contribution in [0, 0.1) is 11.3 Å². The average molecular weight is 460 g/mol. The summed E-state index contributed by atoms with van der Waals surface area (Å²) in [6.45, 7) is 1.41. The Labute approximate surface area is 197 Å². The molecule has 0 saturated carbocycles. The number of ether oxygens (including phenoxy) is 2. The van der Waals surface area contributed by atoms with Crippen LogP contribution in [0.3, 0.4) is 0 Å². The van der Waals surface area contributed by atoms with Crippen LogP contribution >= 0.6 is 0 Å². The number of carbonyl (C=O) groups excluding carboxylic acids is 3. The van der Waals surface area contributed by atoms with Gasteiger partial charge in [0.05, 0.1) is 37.4 Å². The predicted octanol–water partition coefficient (Wildman–Crippen LogP) is 2.57. The summed E-state index contributed by atoms with van der Waals surface area (Å²) in [5.41, 5.74) is 7.72. The van der Waals surface area contributed by atoms with Crippen molar-refractivity contribution >= 4 is 29.2 Å². The maximum atomic E-state index is 13.1. The van der Waals surface area contributed by atoms with Gasteiger partial charge in [-0.3, -0.25) is 9.69 Å². The number of esters is 2. The van der Waals surface area contributed by atoms with E-state index in [9.17, 15) is 19.6 Å². The summed E-state index contributed by atoms with van der Waals surface area (Å²) in [5.74, 6) is -2.86. The Hall–Kier alpha value is -4.58. The quantitative estimate of drug-likeness (QED) is 0.675. The third-order valence-electron chi connectivity index (χ3n) is 5.56. The molecular formula is C25H24N4O5. The number of benzene rings is 2. The first-order valence-corrected chi connectivity index (χ1v) is 10.3. The summed E-state index contributed by atoms with van der Waals surface area (Å²) in [4.78, 5) is 40.7. The molecule has 1 aliphatic rings. The molecule has 1 atom stereocenters. The highest BCUT2D eigenvalue weighted by atomic mass is 16.5. The summed E-state index contributed by atoms with van der Waals surface area (Å²) in [5, 5.41) is 10.1. The molecule has 0 bridgehead atoms. The van der Waals surface area contributed by atoms with Gasteiger partial charge in [-0.05, 0) is 23.8 Å². The molecule has 2 N–H and O–H groups in total. The number of nitrogens with zero attached hydrogens (tertiary/aromatic N) is 3. The second kappa shape index (κ2) is 9.92. The molecule has 34 heavy (non-hydrogen) atoms. The third-order valence-corrected chi connectivity index (χ3v) is 5.56. The predicted molar refractivity (Wildman–Crippen MR) is 125 cm³/mol. The standard InChI is InChI=1S/C25H24N4O5/c1-15(30)28(2)17-11-8-12-18(13-17)29-22(25(32)34-4)21(24(31)33-3)20(19(14-26)23(29)27)16-9-6-5-7-10-16/h5-13,20H,27H2,1-4H3. The Morgan fingerprint density at radius 2 is 1.68 bits per heavy atom. The molecule has 0 fully saturated rings. The minimum atomic E-state index is -0.952. The molecule has 9 nitrogen and oxygen atoms in total. The molecule has 2 aromatic rings. The lowest BCUT2D eigenvalue weighted by Gasteiger charge is -2.36. The highest BCUT2D eigenvalue weighted by Crippen LogP contribution is 2.43. The van der Waals surface area contributed by atoms with Crippen LogP contribution in [0.15, 0.2) is 77.3 Å². The zero-order valence-corrected chi connectivity index (χ0v) is 19.2. The largest absolute Gasteiger partial charge is 0.466 e. The van der Waals surface area contributed by atoms with Gasteiger partial charge < -0.3 is 20.1 Å². The second-order valence-electron chi connectivity index (χ2n) is 7.43. The summed E-state index contributed by atoms with van der Waals surface area (Å²) in [6.07, 6.45) is 0. The van der Waals surface area contributed by atoms with Crippen LogP contribution in [0.2, 0.25) is 0 Å². The van der Waals surface area contributed by atoms with Crippen molar-refractivity contribution in [2.45, 2.75) is 12.8 Å². The minimum Gasteiger partial charge on any atom is -0.466 e. The number of amides is 1. The van der Waals surface area contributed by atoms with Crippen LogP contribution < -0.4 is 15.5 Å². The highest BCUT2D eigenvalue weighted by Gasteiger charge is 2.43. The topological polar surface area (TPSA) is 126 Å². The van der Waals surface area contributed by atoms with E-state index in [1.807, 2.05) is 0 Å². The van der Waals surface area contributed by atoms with Gasteiger partial charge >= 0.3 is 11.9 Å². The van der Waals surface area contributed by atoms with Crippen LogP contribution in [-0.2, 0) is 23.9 Å². The van der Waals surface area contributed by atoms with E-state index in [0.29, 0.717) is 16.9 Å². The molecule has 2 aromatic carbocycles. The molecule has 1 unspecified atom stereocenters. The van der Waals surface area contributed by atoms with E-state index in [1.165, 1.54) is 30.9 Å². The van der Waals surface area contributed by atoms with Crippen molar-refractivity contribution in [2.75, 3.05) is 31.1 Å². The van der Waals surface area contributed by atoms with Gasteiger partial charge in [0, 0.05) is 25.3 Å². The lowest BCUT2D eigenvalue weighted by Crippen LogP contribution is -2.40. The molecular weight excluding hydrogens is 436 g/mol. The van der Waals surface area contributed by atoms with Crippen molar-refractivity contribution in [3.8, 4) is 6.07 Å². The smallest absolute Gasteiger partial charge is 0.355 e. The Bertz CT molecular complexity index is 1240. The zero-order chi connectivity index (χ0) is 25.0. The summed E-state index contributed by atoms with van der Waals surface area (Å²) in [6, 6.07) is 17.5. The summed E-state index contributed by atoms with van der Waals surface area (Å²) < 4.78 is 10.0. The van der Waals surface area contributed by atoms with Gasteiger partial charge in [-0.25, -0.2) is 9.59 Å². The van der Waals surface area contributed by atoms with E-state index in [1.54, 1.807) is 61.6 Å². The SMILES string of the molecule is COC(=O)C1=C(C(=O)OC)N(c2cccc(N(C)C(C)=O)c2)C(N)=C(C#N)C1c1ccccc1. The fourth-order valence-corrected chi connectivity index (χ4v) is 3.80. The van der Waals surface area contributed by atoms with Crippen molar-refractivity contribution in [3.05, 3.63) is 82.8 Å². The number of carbonyl (C=O) groups is 3. The Morgan fingerprint density at radius 1 is 1.03 bits per heavy atom. The number of allylic oxidation sites excluding steroid dienone is 1. The van der Waals surface area contributed by atoms with Gasteiger partial charge in [0.1, 0.15) is 11.5 Å². The van der Waals surface area contributed by atoms with Crippen molar-refractivity contribution in [1.29, 1.82) is 5.26 Å². The molecule has 174 valence electrons. The number of rotatable bonds is 5. The second-order valence-corrected chi connectivity index (χ2v) is 7.43. The van der Waals surface area contributed by atoms with Crippen LogP contribution in [0.1, 0.15) is 18.4 Å². The van der Waals surface area contributed by atoms with Gasteiger partial charge in [0.2, 0.25) is 5.91 Å². The van der Waals surface area contributed by atoms with E-state index in [4.69, 9.17) is 15.2 Å². The normalized spacial score (nSPS) is 15.5. The number of nitrogens with two attached hydrogens (primary N) is 1. The van der Waals surface area contributed by atoms with Crippen molar-refractivity contribution in [1.82, 2.24) is 0 Å². The van der Waals surface area contributed by atoms with Gasteiger partial charge in [-0.1, -0.05) is 36.4 Å². The minimum absolute atomic E-state index is 0.0490. The van der Waals surface area contributed by atoms with E-state index in [2.05, 4.69) is 6.07 Å². The molecule has 9 heteroatoms. The van der Waals surface area contributed by atoms with Gasteiger partial charge in [-0.15, -0.1) is 0 Å². The van der Waals surface area contributed by atoms with Gasteiger partial charge in [-0.2, -0.15) is 5.26 Å². The molecule has 0 spiro atoms. The number of hydrogen-bond acceptors (Lipinski definition) is 8. The van der Waals surface area contributed by atoms with Crippen LogP contribution in [0.25, 0.3) is 0 Å². The Morgan fingerprint density at radius 3 is 2.24 bits per heavy atom. The summed E-state index contributed by atoms with van der Waals surface area (Å²) in [7, 11) is 3.96. The Kier molecular flexibility index (Phi) is 7.02. The molecule has 0 aromatic heterocycles. The highest BCUT2D eigenvalue weighted by molar-refractivity contribution is 6.06. The van der Waals surface area contributed by atoms with Gasteiger partial charge in [0.15, 0.2) is 0 Å². The monoisotopic (exact) mass is 460 g/mol. The van der Waals surface area contributed by atoms with E-state index in [-0.39, 0.29) is 28.6 Å². The maximum Gasteiger partial charge on any atom is 0.355 e. The average Bonchev–Trinajstić information content (AvgIpc) is 2.86. The van der Waals surface area contributed by atoms with E-state index in [0.717, 1.165) is 0 Å². The first-order chi connectivity index (χ1) is 16.3. The Balaban J connectivity index is 2.38. The molecule has 0 aliphatic carbocycles. The lowest BCUT2D eigenvalue weighted by atomic mass is 9.81. The van der Waals surface area contributed by atoms with Gasteiger partial charge in [0.25, 0.3) is 0 Å². The number of hydrogen-bond donors (Lipinski definition) is 1. The summed E-state index contributed by atoms with van der Waals surface area (Å²) >= 11 is 0. The fourth-order valence-electron chi connectivity index (χ4n) is 3.80. The van der Waals surface area contributed by atoms with E-state index < -0.39 is 17.9 Å². The van der Waals surface area contributed by atoms with Crippen molar-refractivity contribution in [2.24, 2.45) is 5.73 Å². The molecule has 0 radical (unpaired) electrons. The fraction of sp³-hybridized carbons (Fsp3) is 0.200. The first kappa shape index (κ1) is 24.1. The van der Waals surface area contributed by atoms with Crippen LogP contribution in [0.4, 0.5) is 11.4 Å². The van der Waals surface area contributed by atoms with Crippen molar-refractivity contribution in [3.63, 3.8) is 0 Å². The van der Waals surface area contributed by atoms with Crippen LogP contribution in [0.5, 0.6) is 0 Å². The third kappa shape index (κ3) is 4.21. The molecule has 1 amide bonds.